The normalized spacial score (nSPS) is 21.4. The maximum atomic E-state index is 13.5. The van der Waals surface area contributed by atoms with Crippen molar-refractivity contribution in [3.63, 3.8) is 0 Å². The molecule has 0 amide bonds. The van der Waals surface area contributed by atoms with E-state index in [4.69, 9.17) is 0 Å². The molecule has 3 heteroatoms. The van der Waals surface area contributed by atoms with E-state index in [0.29, 0.717) is 11.1 Å². The monoisotopic (exact) mass is 195 g/mol. The van der Waals surface area contributed by atoms with Crippen molar-refractivity contribution in [2.24, 2.45) is 0 Å². The number of hydrogen-bond donors (Lipinski definition) is 2. The third-order valence-electron chi connectivity index (χ3n) is 2.82. The molecule has 0 bridgehead atoms. The van der Waals surface area contributed by atoms with Crippen molar-refractivity contribution in [1.29, 1.82) is 0 Å². The van der Waals surface area contributed by atoms with Gasteiger partial charge in [-0.05, 0) is 43.1 Å². The smallest absolute Gasteiger partial charge is 0.127 e. The van der Waals surface area contributed by atoms with E-state index >= 15 is 0 Å². The molecule has 1 aliphatic rings. The number of phenols is 1. The zero-order valence-electron chi connectivity index (χ0n) is 8.18. The van der Waals surface area contributed by atoms with Crippen LogP contribution in [0.5, 0.6) is 5.75 Å². The number of benzene rings is 1. The van der Waals surface area contributed by atoms with E-state index in [1.807, 2.05) is 0 Å². The van der Waals surface area contributed by atoms with Crippen LogP contribution in [0.2, 0.25) is 0 Å². The van der Waals surface area contributed by atoms with E-state index in [9.17, 15) is 9.50 Å². The van der Waals surface area contributed by atoms with E-state index in [-0.39, 0.29) is 17.5 Å². The predicted octanol–water partition coefficient (Wildman–Crippen LogP) is 1.92. The Morgan fingerprint density at radius 2 is 2.29 bits per heavy atom. The van der Waals surface area contributed by atoms with Crippen molar-refractivity contribution >= 4 is 0 Å². The molecule has 14 heavy (non-hydrogen) atoms. The Kier molecular flexibility index (Phi) is 2.42. The van der Waals surface area contributed by atoms with Gasteiger partial charge in [-0.2, -0.15) is 0 Å². The fraction of sp³-hybridized carbons (Fsp3) is 0.455. The first-order chi connectivity index (χ1) is 6.68. The van der Waals surface area contributed by atoms with Crippen LogP contribution in [0, 0.1) is 12.7 Å². The van der Waals surface area contributed by atoms with Crippen molar-refractivity contribution < 1.29 is 9.50 Å². The van der Waals surface area contributed by atoms with Gasteiger partial charge in [-0.3, -0.25) is 0 Å². The molecule has 0 radical (unpaired) electrons. The van der Waals surface area contributed by atoms with Gasteiger partial charge in [0.05, 0.1) is 0 Å². The largest absolute Gasteiger partial charge is 0.508 e. The molecule has 2 nitrogen and oxygen atoms in total. The summed E-state index contributed by atoms with van der Waals surface area (Å²) in [6, 6.07) is 2.96. The topological polar surface area (TPSA) is 32.3 Å². The van der Waals surface area contributed by atoms with E-state index in [2.05, 4.69) is 5.32 Å². The number of phenolic OH excluding ortho intramolecular Hbond substituents is 1. The van der Waals surface area contributed by atoms with Crippen LogP contribution in [0.4, 0.5) is 4.39 Å². The Morgan fingerprint density at radius 1 is 1.50 bits per heavy atom. The van der Waals surface area contributed by atoms with Crippen molar-refractivity contribution in [3.05, 3.63) is 29.1 Å². The molecular weight excluding hydrogens is 181 g/mol. The lowest BCUT2D eigenvalue weighted by Crippen LogP contribution is -2.09. The number of halogens is 1. The summed E-state index contributed by atoms with van der Waals surface area (Å²) in [5.74, 6) is 0.198. The molecule has 1 aliphatic heterocycles. The quantitative estimate of drug-likeness (QED) is 0.717. The first-order valence-electron chi connectivity index (χ1n) is 4.88. The highest BCUT2D eigenvalue weighted by Gasteiger charge is 2.20. The molecule has 0 spiro atoms. The lowest BCUT2D eigenvalue weighted by Gasteiger charge is -2.11. The zero-order chi connectivity index (χ0) is 10.1. The highest BCUT2D eigenvalue weighted by molar-refractivity contribution is 5.38. The van der Waals surface area contributed by atoms with Crippen LogP contribution in [-0.4, -0.2) is 18.2 Å². The van der Waals surface area contributed by atoms with Gasteiger partial charge in [-0.1, -0.05) is 0 Å². The number of nitrogens with one attached hydrogen (secondary N) is 1. The summed E-state index contributed by atoms with van der Waals surface area (Å²) in [4.78, 5) is 0. The minimum absolute atomic E-state index is 0.188. The summed E-state index contributed by atoms with van der Waals surface area (Å²) in [6.07, 6.45) is 0.944. The molecular formula is C11H14FNO. The van der Waals surface area contributed by atoms with Gasteiger partial charge >= 0.3 is 0 Å². The highest BCUT2D eigenvalue weighted by Crippen LogP contribution is 2.29. The Hall–Kier alpha value is -1.09. The van der Waals surface area contributed by atoms with Crippen molar-refractivity contribution in [2.45, 2.75) is 19.3 Å². The minimum atomic E-state index is -0.200. The molecule has 0 saturated carbocycles. The van der Waals surface area contributed by atoms with Gasteiger partial charge in [0.25, 0.3) is 0 Å². The van der Waals surface area contributed by atoms with Crippen LogP contribution < -0.4 is 5.32 Å². The molecule has 76 valence electrons. The second-order valence-corrected chi connectivity index (χ2v) is 3.85. The van der Waals surface area contributed by atoms with Crippen LogP contribution in [0.15, 0.2) is 12.1 Å². The number of hydrogen-bond acceptors (Lipinski definition) is 2. The SMILES string of the molecule is Cc1cc(F)c(C2CCNC2)cc1O. The number of aromatic hydroxyl groups is 1. The molecule has 1 aromatic rings. The maximum Gasteiger partial charge on any atom is 0.127 e. The third kappa shape index (κ3) is 1.60. The van der Waals surface area contributed by atoms with Gasteiger partial charge in [0.2, 0.25) is 0 Å². The third-order valence-corrected chi connectivity index (χ3v) is 2.82. The highest BCUT2D eigenvalue weighted by atomic mass is 19.1. The number of aryl methyl sites for hydroxylation is 1. The summed E-state index contributed by atoms with van der Waals surface area (Å²) in [5.41, 5.74) is 1.23. The average Bonchev–Trinajstić information content (AvgIpc) is 2.64. The summed E-state index contributed by atoms with van der Waals surface area (Å²) in [7, 11) is 0. The van der Waals surface area contributed by atoms with Gasteiger partial charge in [-0.25, -0.2) is 4.39 Å². The molecule has 2 rings (SSSR count). The van der Waals surface area contributed by atoms with E-state index in [1.165, 1.54) is 6.07 Å². The fourth-order valence-corrected chi connectivity index (χ4v) is 1.91. The second-order valence-electron chi connectivity index (χ2n) is 3.85. The Balaban J connectivity index is 2.37. The van der Waals surface area contributed by atoms with Crippen molar-refractivity contribution in [1.82, 2.24) is 5.32 Å². The number of rotatable bonds is 1. The molecule has 2 N–H and O–H groups in total. The van der Waals surface area contributed by atoms with Crippen LogP contribution >= 0.6 is 0 Å². The molecule has 0 aliphatic carbocycles. The van der Waals surface area contributed by atoms with E-state index < -0.39 is 0 Å². The molecule has 1 saturated heterocycles. The average molecular weight is 195 g/mol. The first-order valence-corrected chi connectivity index (χ1v) is 4.88. The lowest BCUT2D eigenvalue weighted by atomic mass is 9.96. The molecule has 1 atom stereocenters. The van der Waals surface area contributed by atoms with Crippen molar-refractivity contribution in [2.75, 3.05) is 13.1 Å². The fourth-order valence-electron chi connectivity index (χ4n) is 1.91. The Bertz CT molecular complexity index is 345. The van der Waals surface area contributed by atoms with Crippen LogP contribution in [0.1, 0.15) is 23.5 Å². The summed E-state index contributed by atoms with van der Waals surface area (Å²) in [6.45, 7) is 3.44. The summed E-state index contributed by atoms with van der Waals surface area (Å²) >= 11 is 0. The van der Waals surface area contributed by atoms with Gasteiger partial charge in [-0.15, -0.1) is 0 Å². The van der Waals surface area contributed by atoms with Gasteiger partial charge in [0, 0.05) is 12.5 Å². The van der Waals surface area contributed by atoms with E-state index in [0.717, 1.165) is 19.5 Å². The first kappa shape index (κ1) is 9.46. The van der Waals surface area contributed by atoms with Crippen LogP contribution in [-0.2, 0) is 0 Å². The maximum absolute atomic E-state index is 13.5. The minimum Gasteiger partial charge on any atom is -0.508 e. The van der Waals surface area contributed by atoms with Crippen LogP contribution in [0.25, 0.3) is 0 Å². The second kappa shape index (κ2) is 3.58. The van der Waals surface area contributed by atoms with Crippen molar-refractivity contribution in [3.8, 4) is 5.75 Å². The Labute approximate surface area is 82.8 Å². The molecule has 1 fully saturated rings. The molecule has 1 unspecified atom stereocenters. The molecule has 0 aromatic heterocycles. The van der Waals surface area contributed by atoms with Gasteiger partial charge in [0.15, 0.2) is 0 Å². The molecule has 1 heterocycles. The zero-order valence-corrected chi connectivity index (χ0v) is 8.18. The standard InChI is InChI=1S/C11H14FNO/c1-7-4-10(12)9(5-11(7)14)8-2-3-13-6-8/h4-5,8,13-14H,2-3,6H2,1H3. The molecule has 1 aromatic carbocycles. The van der Waals surface area contributed by atoms with E-state index in [1.54, 1.807) is 13.0 Å². The summed E-state index contributed by atoms with van der Waals surface area (Å²) in [5, 5.41) is 12.7. The summed E-state index contributed by atoms with van der Waals surface area (Å²) < 4.78 is 13.5. The van der Waals surface area contributed by atoms with Gasteiger partial charge < -0.3 is 10.4 Å². The Morgan fingerprint density at radius 3 is 2.93 bits per heavy atom. The van der Waals surface area contributed by atoms with Crippen LogP contribution in [0.3, 0.4) is 0 Å². The lowest BCUT2D eigenvalue weighted by molar-refractivity contribution is 0.465. The van der Waals surface area contributed by atoms with Gasteiger partial charge in [0.1, 0.15) is 11.6 Å². The predicted molar refractivity (Wildman–Crippen MR) is 53.0 cm³/mol.